The molecule has 0 saturated carbocycles. The normalized spacial score (nSPS) is 18.8. The van der Waals surface area contributed by atoms with Crippen LogP contribution >= 0.6 is 11.5 Å². The quantitative estimate of drug-likeness (QED) is 0.784. The summed E-state index contributed by atoms with van der Waals surface area (Å²) in [6.45, 7) is 4.16. The highest BCUT2D eigenvalue weighted by Crippen LogP contribution is 2.14. The van der Waals surface area contributed by atoms with E-state index in [2.05, 4.69) is 19.8 Å². The van der Waals surface area contributed by atoms with Crippen molar-refractivity contribution in [1.82, 2.24) is 14.4 Å². The van der Waals surface area contributed by atoms with Crippen molar-refractivity contribution < 1.29 is 0 Å². The van der Waals surface area contributed by atoms with Crippen LogP contribution in [0.5, 0.6) is 0 Å². The number of hydrogen-bond donors (Lipinski definition) is 1. The summed E-state index contributed by atoms with van der Waals surface area (Å²) in [7, 11) is 0. The molecule has 1 aromatic rings. The highest BCUT2D eigenvalue weighted by Gasteiger charge is 2.10. The van der Waals surface area contributed by atoms with Crippen molar-refractivity contribution >= 4 is 16.7 Å². The summed E-state index contributed by atoms with van der Waals surface area (Å²) in [6.07, 6.45) is 3.92. The average molecular weight is 198 g/mol. The molecule has 1 fully saturated rings. The molecule has 4 nitrogen and oxygen atoms in total. The maximum absolute atomic E-state index is 4.26. The van der Waals surface area contributed by atoms with Crippen LogP contribution in [0.2, 0.25) is 0 Å². The van der Waals surface area contributed by atoms with Crippen LogP contribution in [0.1, 0.15) is 25.1 Å². The molecule has 1 aliphatic heterocycles. The highest BCUT2D eigenvalue weighted by atomic mass is 32.1. The minimum Gasteiger partial charge on any atom is -0.293 e. The van der Waals surface area contributed by atoms with Gasteiger partial charge in [0.05, 0.1) is 0 Å². The van der Waals surface area contributed by atoms with E-state index in [1.807, 2.05) is 6.92 Å². The number of hydrogen-bond acceptors (Lipinski definition) is 5. The van der Waals surface area contributed by atoms with Crippen molar-refractivity contribution in [3.8, 4) is 0 Å². The number of piperidine rings is 1. The van der Waals surface area contributed by atoms with E-state index in [1.54, 1.807) is 0 Å². The van der Waals surface area contributed by atoms with Gasteiger partial charge in [0.15, 0.2) is 0 Å². The lowest BCUT2D eigenvalue weighted by Gasteiger charge is -2.26. The Morgan fingerprint density at radius 1 is 1.31 bits per heavy atom. The van der Waals surface area contributed by atoms with Crippen LogP contribution in [-0.2, 0) is 0 Å². The molecule has 1 aliphatic rings. The highest BCUT2D eigenvalue weighted by molar-refractivity contribution is 7.09. The second kappa shape index (κ2) is 4.02. The lowest BCUT2D eigenvalue weighted by atomic mass is 10.2. The van der Waals surface area contributed by atoms with E-state index in [-0.39, 0.29) is 0 Å². The molecule has 1 saturated heterocycles. The van der Waals surface area contributed by atoms with Gasteiger partial charge < -0.3 is 0 Å². The van der Waals surface area contributed by atoms with Crippen LogP contribution in [0.4, 0.5) is 5.13 Å². The van der Waals surface area contributed by atoms with E-state index in [0.717, 1.165) is 24.0 Å². The standard InChI is InChI=1S/C8H14N4S/c1-7-9-8(13-11-7)10-12-5-3-2-4-6-12/h2-6H2,1H3,(H,9,10,11). The molecule has 0 atom stereocenters. The van der Waals surface area contributed by atoms with Crippen LogP contribution in [0, 0.1) is 6.92 Å². The number of rotatable bonds is 2. The van der Waals surface area contributed by atoms with Crippen LogP contribution < -0.4 is 5.43 Å². The summed E-state index contributed by atoms with van der Waals surface area (Å²) >= 11 is 1.43. The molecule has 0 radical (unpaired) electrons. The summed E-state index contributed by atoms with van der Waals surface area (Å²) < 4.78 is 4.12. The molecular weight excluding hydrogens is 184 g/mol. The van der Waals surface area contributed by atoms with Crippen molar-refractivity contribution in [3.05, 3.63) is 5.82 Å². The van der Waals surface area contributed by atoms with Gasteiger partial charge in [-0.15, -0.1) is 0 Å². The first-order valence-corrected chi connectivity index (χ1v) is 5.44. The van der Waals surface area contributed by atoms with Crippen molar-refractivity contribution in [1.29, 1.82) is 0 Å². The maximum Gasteiger partial charge on any atom is 0.217 e. The molecule has 0 unspecified atom stereocenters. The molecule has 13 heavy (non-hydrogen) atoms. The van der Waals surface area contributed by atoms with Crippen molar-refractivity contribution in [2.45, 2.75) is 26.2 Å². The Morgan fingerprint density at radius 2 is 2.08 bits per heavy atom. The Hall–Kier alpha value is -0.680. The summed E-state index contributed by atoms with van der Waals surface area (Å²) in [5, 5.41) is 3.14. The first kappa shape index (κ1) is 8.90. The van der Waals surface area contributed by atoms with E-state index in [1.165, 1.54) is 30.8 Å². The smallest absolute Gasteiger partial charge is 0.217 e. The minimum atomic E-state index is 0.851. The molecule has 2 heterocycles. The molecule has 2 rings (SSSR count). The summed E-state index contributed by atoms with van der Waals surface area (Å²) in [4.78, 5) is 4.26. The first-order valence-electron chi connectivity index (χ1n) is 4.66. The predicted molar refractivity (Wildman–Crippen MR) is 53.7 cm³/mol. The fourth-order valence-corrected chi connectivity index (χ4v) is 2.09. The van der Waals surface area contributed by atoms with Gasteiger partial charge in [-0.1, -0.05) is 6.42 Å². The van der Waals surface area contributed by atoms with Gasteiger partial charge in [-0.25, -0.2) is 9.99 Å². The Kier molecular flexibility index (Phi) is 2.75. The molecule has 0 bridgehead atoms. The molecule has 5 heteroatoms. The van der Waals surface area contributed by atoms with Gasteiger partial charge in [0.25, 0.3) is 0 Å². The maximum atomic E-state index is 4.26. The Bertz CT molecular complexity index is 267. The average Bonchev–Trinajstić information content (AvgIpc) is 2.53. The minimum absolute atomic E-state index is 0.851. The zero-order valence-electron chi connectivity index (χ0n) is 7.79. The third kappa shape index (κ3) is 2.38. The van der Waals surface area contributed by atoms with E-state index in [4.69, 9.17) is 0 Å². The van der Waals surface area contributed by atoms with E-state index in [0.29, 0.717) is 0 Å². The number of aryl methyl sites for hydroxylation is 1. The van der Waals surface area contributed by atoms with E-state index >= 15 is 0 Å². The number of nitrogens with zero attached hydrogens (tertiary/aromatic N) is 3. The molecule has 72 valence electrons. The third-order valence-electron chi connectivity index (χ3n) is 2.14. The van der Waals surface area contributed by atoms with Crippen molar-refractivity contribution in [2.24, 2.45) is 0 Å². The van der Waals surface area contributed by atoms with Crippen molar-refractivity contribution in [2.75, 3.05) is 18.5 Å². The van der Waals surface area contributed by atoms with E-state index in [9.17, 15) is 0 Å². The molecule has 1 N–H and O–H groups in total. The van der Waals surface area contributed by atoms with Gasteiger partial charge in [-0.2, -0.15) is 4.37 Å². The molecule has 0 spiro atoms. The Morgan fingerprint density at radius 3 is 2.69 bits per heavy atom. The summed E-state index contributed by atoms with van der Waals surface area (Å²) in [5.74, 6) is 0.851. The zero-order valence-corrected chi connectivity index (χ0v) is 8.60. The zero-order chi connectivity index (χ0) is 9.10. The SMILES string of the molecule is Cc1nsc(NN2CCCCC2)n1. The van der Waals surface area contributed by atoms with Crippen molar-refractivity contribution in [3.63, 3.8) is 0 Å². The van der Waals surface area contributed by atoms with Gasteiger partial charge >= 0.3 is 0 Å². The van der Waals surface area contributed by atoms with Gasteiger partial charge in [0, 0.05) is 24.6 Å². The fraction of sp³-hybridized carbons (Fsp3) is 0.750. The Labute approximate surface area is 82.1 Å². The summed E-state index contributed by atoms with van der Waals surface area (Å²) in [6, 6.07) is 0. The van der Waals surface area contributed by atoms with E-state index < -0.39 is 0 Å². The molecule has 0 amide bonds. The fourth-order valence-electron chi connectivity index (χ4n) is 1.48. The lowest BCUT2D eigenvalue weighted by Crippen LogP contribution is -2.34. The molecule has 0 aromatic carbocycles. The van der Waals surface area contributed by atoms with Gasteiger partial charge in [0.1, 0.15) is 5.82 Å². The summed E-state index contributed by atoms with van der Waals surface area (Å²) in [5.41, 5.74) is 3.28. The van der Waals surface area contributed by atoms with Crippen LogP contribution in [0.15, 0.2) is 0 Å². The van der Waals surface area contributed by atoms with Crippen LogP contribution in [-0.4, -0.2) is 27.5 Å². The van der Waals surface area contributed by atoms with Gasteiger partial charge in [-0.3, -0.25) is 5.43 Å². The number of nitrogens with one attached hydrogen (secondary N) is 1. The van der Waals surface area contributed by atoms with Gasteiger partial charge in [-0.05, 0) is 19.8 Å². The number of anilines is 1. The lowest BCUT2D eigenvalue weighted by molar-refractivity contribution is 0.273. The largest absolute Gasteiger partial charge is 0.293 e. The second-order valence-electron chi connectivity index (χ2n) is 3.31. The van der Waals surface area contributed by atoms with Crippen LogP contribution in [0.25, 0.3) is 0 Å². The second-order valence-corrected chi connectivity index (χ2v) is 4.06. The Balaban J connectivity index is 1.89. The molecule has 1 aromatic heterocycles. The monoisotopic (exact) mass is 198 g/mol. The predicted octanol–water partition coefficient (Wildman–Crippen LogP) is 1.66. The van der Waals surface area contributed by atoms with Crippen LogP contribution in [0.3, 0.4) is 0 Å². The number of hydrazine groups is 1. The first-order chi connectivity index (χ1) is 6.34. The topological polar surface area (TPSA) is 41.1 Å². The number of aromatic nitrogens is 2. The van der Waals surface area contributed by atoms with Gasteiger partial charge in [0.2, 0.25) is 5.13 Å². The third-order valence-corrected chi connectivity index (χ3v) is 2.85. The molecular formula is C8H14N4S. The molecule has 0 aliphatic carbocycles.